The van der Waals surface area contributed by atoms with E-state index in [1.165, 1.54) is 16.7 Å². The minimum atomic E-state index is -1.29. The fourth-order valence-electron chi connectivity index (χ4n) is 11.6. The van der Waals surface area contributed by atoms with Crippen molar-refractivity contribution in [3.63, 3.8) is 0 Å². The Morgan fingerprint density at radius 1 is 0.411 bits per heavy atom. The molecule has 0 bridgehead atoms. The number of nitrogens with one attached hydrogen (secondary N) is 2. The number of aromatic carboxylic acids is 1. The number of fused-ring (bicyclic) bond motifs is 3. The van der Waals surface area contributed by atoms with Gasteiger partial charge in [0.1, 0.15) is 16.6 Å². The largest absolute Gasteiger partial charge is 0.479 e. The van der Waals surface area contributed by atoms with E-state index in [9.17, 15) is 33.9 Å². The summed E-state index contributed by atoms with van der Waals surface area (Å²) in [4.78, 5) is 74.2. The molecule has 13 heteroatoms. The van der Waals surface area contributed by atoms with Crippen molar-refractivity contribution in [2.24, 2.45) is 5.73 Å². The van der Waals surface area contributed by atoms with Crippen molar-refractivity contribution in [2.45, 2.75) is 217 Å². The molecule has 0 aliphatic heterocycles. The SMILES string of the molecule is C.C.C.C.CC(C)c1ccc(C(=O)NC2(C(=O)O)Cc3ccccc3C2)c(C(C)C)c1.CC(C)c1ccc(C(=O)O)c(C(C)C)c1.CCOC(=O)C1(N)Cc2ccccc2C1.CCOC(=O)C1(NC(=O)c2ccc(C(C)C)cc2C(C)C)Cc2ccccc2C1. The minimum absolute atomic E-state index is 0. The van der Waals surface area contributed by atoms with Crippen LogP contribution in [0.4, 0.5) is 0 Å². The van der Waals surface area contributed by atoms with Crippen LogP contribution in [0.15, 0.2) is 127 Å². The lowest BCUT2D eigenvalue weighted by Crippen LogP contribution is -2.56. The summed E-state index contributed by atoms with van der Waals surface area (Å²) in [7, 11) is 0. The zero-order valence-electron chi connectivity index (χ0n) is 53.0. The Labute approximate surface area is 539 Å². The van der Waals surface area contributed by atoms with Crippen LogP contribution in [0, 0.1) is 0 Å². The van der Waals surface area contributed by atoms with Crippen molar-refractivity contribution >= 4 is 35.7 Å². The zero-order chi connectivity index (χ0) is 63.4. The molecule has 0 unspecified atom stereocenters. The highest BCUT2D eigenvalue weighted by atomic mass is 16.5. The first-order valence-corrected chi connectivity index (χ1v) is 30.5. The lowest BCUT2D eigenvalue weighted by Gasteiger charge is -2.28. The number of carboxylic acids is 2. The predicted molar refractivity (Wildman–Crippen MR) is 368 cm³/mol. The lowest BCUT2D eigenvalue weighted by molar-refractivity contribution is -0.150. The highest BCUT2D eigenvalue weighted by molar-refractivity contribution is 6.01. The van der Waals surface area contributed by atoms with Crippen LogP contribution < -0.4 is 16.4 Å². The summed E-state index contributed by atoms with van der Waals surface area (Å²) in [6, 6.07) is 41.1. The van der Waals surface area contributed by atoms with E-state index in [4.69, 9.17) is 20.3 Å². The van der Waals surface area contributed by atoms with E-state index in [-0.39, 0.29) is 77.8 Å². The van der Waals surface area contributed by atoms with Crippen molar-refractivity contribution < 1.29 is 48.5 Å². The molecule has 6 aromatic carbocycles. The van der Waals surface area contributed by atoms with Gasteiger partial charge in [0.05, 0.1) is 18.8 Å². The molecule has 13 nitrogen and oxygen atoms in total. The quantitative estimate of drug-likeness (QED) is 0.0575. The molecule has 90 heavy (non-hydrogen) atoms. The molecule has 0 saturated heterocycles. The van der Waals surface area contributed by atoms with Gasteiger partial charge in [0, 0.05) is 49.7 Å². The standard InChI is InChI=1S/C25H31NO3.C23H27NO3.C13H18O2.C12H15NO2.4CH4/c1-6-29-24(28)25(14-19-9-7-8-10-20(19)15-25)26-23(27)21-12-11-18(16(2)3)13-22(21)17(4)5;1-14(2)16-9-10-19(20(11-16)15(3)4)21(25)24-23(22(26)27)12-17-7-5-6-8-18(17)13-23;1-8(2)10-5-6-11(13(14)15)12(7-10)9(3)4;1-2-15-11(14)12(13)7-9-5-3-4-6-10(9)8-12;;;;/h7-13,16-17H,6,14-15H2,1-5H3,(H,26,27);5-11,14-15H,12-13H2,1-4H3,(H,24,25)(H,26,27);5-9H,1-4H3,(H,14,15);3-6H,2,7-8,13H2,1H3;4*1H4. The molecule has 3 aliphatic rings. The van der Waals surface area contributed by atoms with E-state index < -0.39 is 28.6 Å². The Kier molecular flexibility index (Phi) is 29.4. The number of carbonyl (C=O) groups is 6. The van der Waals surface area contributed by atoms with Crippen molar-refractivity contribution in [2.75, 3.05) is 13.2 Å². The molecule has 3 aliphatic carbocycles. The van der Waals surface area contributed by atoms with Gasteiger partial charge < -0.3 is 36.1 Å². The highest BCUT2D eigenvalue weighted by Gasteiger charge is 2.48. The van der Waals surface area contributed by atoms with Gasteiger partial charge >= 0.3 is 23.9 Å². The number of rotatable bonds is 16. The number of nitrogens with two attached hydrogens (primary N) is 1. The predicted octanol–water partition coefficient (Wildman–Crippen LogP) is 16.3. The summed E-state index contributed by atoms with van der Waals surface area (Å²) in [5.41, 5.74) is 17.4. The zero-order valence-corrected chi connectivity index (χ0v) is 53.0. The topological polar surface area (TPSA) is 211 Å². The highest BCUT2D eigenvalue weighted by Crippen LogP contribution is 2.35. The maximum atomic E-state index is 13.4. The fourth-order valence-corrected chi connectivity index (χ4v) is 11.6. The second-order valence-corrected chi connectivity index (χ2v) is 25.1. The summed E-state index contributed by atoms with van der Waals surface area (Å²) >= 11 is 0. The summed E-state index contributed by atoms with van der Waals surface area (Å²) in [5.74, 6) is -1.20. The van der Waals surface area contributed by atoms with Gasteiger partial charge in [-0.1, -0.05) is 222 Å². The molecule has 6 N–H and O–H groups in total. The van der Waals surface area contributed by atoms with Crippen molar-refractivity contribution in [1.29, 1.82) is 0 Å². The summed E-state index contributed by atoms with van der Waals surface area (Å²) < 4.78 is 10.4. The number of hydrogen-bond donors (Lipinski definition) is 5. The van der Waals surface area contributed by atoms with Gasteiger partial charge in [-0.3, -0.25) is 14.4 Å². The van der Waals surface area contributed by atoms with Gasteiger partial charge in [-0.25, -0.2) is 14.4 Å². The maximum Gasteiger partial charge on any atom is 0.335 e. The van der Waals surface area contributed by atoms with E-state index in [0.29, 0.717) is 79.6 Å². The molecular weight excluding hydrogens is 1130 g/mol. The molecule has 0 atom stereocenters. The number of carbonyl (C=O) groups excluding carboxylic acids is 4. The normalized spacial score (nSPS) is 14.0. The minimum Gasteiger partial charge on any atom is -0.479 e. The lowest BCUT2D eigenvalue weighted by atomic mass is 9.90. The van der Waals surface area contributed by atoms with Crippen LogP contribution in [-0.2, 0) is 62.4 Å². The molecule has 0 fully saturated rings. The monoisotopic (exact) mass is 1230 g/mol. The average molecular weight is 1230 g/mol. The van der Waals surface area contributed by atoms with Gasteiger partial charge in [-0.15, -0.1) is 0 Å². The Balaban J connectivity index is 0.000000419. The first-order valence-electron chi connectivity index (χ1n) is 30.5. The number of hydrogen-bond acceptors (Lipinski definition) is 9. The van der Waals surface area contributed by atoms with Crippen LogP contribution in [0.1, 0.15) is 260 Å². The smallest absolute Gasteiger partial charge is 0.335 e. The number of carboxylic acid groups (broad SMARTS) is 2. The number of esters is 2. The third kappa shape index (κ3) is 18.6. The van der Waals surface area contributed by atoms with Gasteiger partial charge in [-0.2, -0.15) is 0 Å². The van der Waals surface area contributed by atoms with Gasteiger partial charge in [0.25, 0.3) is 11.8 Å². The maximum absolute atomic E-state index is 13.4. The summed E-state index contributed by atoms with van der Waals surface area (Å²) in [6.45, 7) is 29.3. The van der Waals surface area contributed by atoms with Crippen LogP contribution in [0.25, 0.3) is 0 Å². The second kappa shape index (κ2) is 33.8. The van der Waals surface area contributed by atoms with Crippen LogP contribution in [0.3, 0.4) is 0 Å². The fraction of sp³-hybridized carbons (Fsp3) is 0.455. The Bertz CT molecular complexity index is 3330. The van der Waals surface area contributed by atoms with E-state index in [0.717, 1.165) is 50.1 Å². The number of amides is 2. The van der Waals surface area contributed by atoms with Gasteiger partial charge in [0.2, 0.25) is 0 Å². The summed E-state index contributed by atoms with van der Waals surface area (Å²) in [5, 5.41) is 24.9. The molecule has 0 radical (unpaired) electrons. The number of ether oxygens (including phenoxy) is 2. The molecule has 0 saturated carbocycles. The van der Waals surface area contributed by atoms with Crippen molar-refractivity contribution in [3.05, 3.63) is 211 Å². The van der Waals surface area contributed by atoms with Gasteiger partial charge in [0.15, 0.2) is 0 Å². The molecule has 0 aromatic heterocycles. The second-order valence-electron chi connectivity index (χ2n) is 25.1. The first-order chi connectivity index (χ1) is 40.6. The number of aliphatic carboxylic acids is 1. The average Bonchev–Trinajstić information content (AvgIpc) is 1.62. The van der Waals surface area contributed by atoms with E-state index >= 15 is 0 Å². The molecule has 490 valence electrons. The van der Waals surface area contributed by atoms with Gasteiger partial charge in [-0.05, 0) is 134 Å². The van der Waals surface area contributed by atoms with E-state index in [2.05, 4.69) is 92.0 Å². The van der Waals surface area contributed by atoms with Crippen LogP contribution >= 0.6 is 0 Å². The molecule has 0 heterocycles. The van der Waals surface area contributed by atoms with Crippen LogP contribution in [0.5, 0.6) is 0 Å². The Morgan fingerprint density at radius 2 is 0.689 bits per heavy atom. The van der Waals surface area contributed by atoms with Crippen LogP contribution in [0.2, 0.25) is 0 Å². The number of benzene rings is 6. The molecule has 6 aromatic rings. The first kappa shape index (κ1) is 78.2. The Morgan fingerprint density at radius 3 is 0.978 bits per heavy atom. The molecule has 2 amide bonds. The third-order valence-corrected chi connectivity index (χ3v) is 16.6. The van der Waals surface area contributed by atoms with Crippen molar-refractivity contribution in [1.82, 2.24) is 10.6 Å². The molecule has 9 rings (SSSR count). The van der Waals surface area contributed by atoms with E-state index in [1.54, 1.807) is 19.9 Å². The van der Waals surface area contributed by atoms with Crippen molar-refractivity contribution in [3.8, 4) is 0 Å². The molecular formula is C77H107N3O10. The third-order valence-electron chi connectivity index (χ3n) is 16.6. The summed E-state index contributed by atoms with van der Waals surface area (Å²) in [6.07, 6.45) is 2.70. The molecule has 0 spiro atoms. The van der Waals surface area contributed by atoms with E-state index in [1.807, 2.05) is 123 Å². The Hall–Kier alpha value is -7.90. The van der Waals surface area contributed by atoms with Crippen LogP contribution in [-0.4, -0.2) is 75.7 Å².